The molecule has 8 rings (SSSR count). The summed E-state index contributed by atoms with van der Waals surface area (Å²) < 4.78 is 0. The van der Waals surface area contributed by atoms with Crippen molar-refractivity contribution in [2.24, 2.45) is 26.1 Å². The number of aliphatic carboxylic acids is 1. The summed E-state index contributed by atoms with van der Waals surface area (Å²) in [6.45, 7) is 8.65. The van der Waals surface area contributed by atoms with Crippen molar-refractivity contribution in [3.8, 4) is 0 Å². The standard InChI is InChI=1S/C22H21ClN6O.C14H10ClN3O2.C8H13N3.CH4.2ClH/c1-12-5-21(24)27-13(2)18(12)11-26-22(30)20-9-17(28-29-20)7-14-3-4-19-15(6-14)8-16(23)10-25-19;15-10-5-9-3-8(1-2-12(9)16-7-10)4-11-6-13(14(19)20)18-17-11;1-5-3-8(10)11-6(2)7(5)4-9;;;/h3-6,8,10H,7,9,11H2,1-2H3,(H2,24,27)(H,26,30);1-3,5,7H,4,6H2,(H,19,20);3H,4,9H2,1-2H3,(H2,10,11);1H4;2*1H. The third-order valence-electron chi connectivity index (χ3n) is 9.89. The Morgan fingerprint density at radius 2 is 1.12 bits per heavy atom. The highest BCUT2D eigenvalue weighted by Gasteiger charge is 2.21. The molecule has 0 saturated heterocycles. The fraction of sp³-hybridized carbons (Fsp3) is 0.244. The second-order valence-electron chi connectivity index (χ2n) is 14.5. The predicted molar refractivity (Wildman–Crippen MR) is 265 cm³/mol. The molecule has 2 aliphatic heterocycles. The molecule has 0 spiro atoms. The van der Waals surface area contributed by atoms with Gasteiger partial charge in [0.15, 0.2) is 5.71 Å². The Labute approximate surface area is 393 Å². The van der Waals surface area contributed by atoms with E-state index in [2.05, 4.69) is 45.7 Å². The van der Waals surface area contributed by atoms with Crippen LogP contribution in [0.5, 0.6) is 0 Å². The van der Waals surface area contributed by atoms with E-state index in [4.69, 9.17) is 45.5 Å². The van der Waals surface area contributed by atoms with Crippen LogP contribution in [0.15, 0.2) is 93.5 Å². The molecule has 0 aliphatic carbocycles. The molecule has 19 heteroatoms. The minimum absolute atomic E-state index is 0. The summed E-state index contributed by atoms with van der Waals surface area (Å²) in [5.41, 5.74) is 28.7. The number of hydrogen-bond donors (Lipinski definition) is 5. The summed E-state index contributed by atoms with van der Waals surface area (Å²) >= 11 is 12.0. The normalized spacial score (nSPS) is 12.4. The van der Waals surface area contributed by atoms with Crippen molar-refractivity contribution in [2.75, 3.05) is 11.5 Å². The molecule has 0 atom stereocenters. The fourth-order valence-corrected chi connectivity index (χ4v) is 7.18. The van der Waals surface area contributed by atoms with Gasteiger partial charge in [-0.15, -0.1) is 35.0 Å². The quantitative estimate of drug-likeness (QED) is 0.0925. The van der Waals surface area contributed by atoms with Crippen LogP contribution < -0.4 is 22.5 Å². The van der Waals surface area contributed by atoms with Crippen LogP contribution in [0.4, 0.5) is 11.6 Å². The number of nitrogen functional groups attached to an aromatic ring is 2. The number of anilines is 2. The van der Waals surface area contributed by atoms with Crippen LogP contribution in [-0.4, -0.2) is 59.8 Å². The lowest BCUT2D eigenvalue weighted by Crippen LogP contribution is -2.31. The third-order valence-corrected chi connectivity index (χ3v) is 10.3. The lowest BCUT2D eigenvalue weighted by atomic mass is 10.0. The topological polar surface area (TPSA) is 245 Å². The van der Waals surface area contributed by atoms with Crippen LogP contribution in [0.1, 0.15) is 65.0 Å². The largest absolute Gasteiger partial charge is 0.477 e. The zero-order valence-corrected chi connectivity index (χ0v) is 38.0. The van der Waals surface area contributed by atoms with Crippen LogP contribution in [0.2, 0.25) is 10.0 Å². The van der Waals surface area contributed by atoms with E-state index in [1.165, 1.54) is 0 Å². The molecule has 6 aromatic rings. The van der Waals surface area contributed by atoms with Gasteiger partial charge in [-0.2, -0.15) is 10.2 Å². The summed E-state index contributed by atoms with van der Waals surface area (Å²) in [7, 11) is 0. The number of aryl methyl sites for hydroxylation is 4. The number of halogens is 4. The van der Waals surface area contributed by atoms with Gasteiger partial charge in [0, 0.05) is 73.3 Å². The number of pyridine rings is 4. The number of hydrogen-bond acceptors (Lipinski definition) is 13. The maximum Gasteiger partial charge on any atom is 0.352 e. The van der Waals surface area contributed by atoms with E-state index < -0.39 is 5.97 Å². The zero-order valence-electron chi connectivity index (χ0n) is 34.8. The molecule has 0 bridgehead atoms. The first-order valence-corrected chi connectivity index (χ1v) is 19.9. The van der Waals surface area contributed by atoms with Crippen molar-refractivity contribution >= 4 is 116 Å². The molecule has 4 aromatic heterocycles. The van der Waals surface area contributed by atoms with Gasteiger partial charge in [0.1, 0.15) is 17.3 Å². The lowest BCUT2D eigenvalue weighted by molar-refractivity contribution is -0.129. The van der Waals surface area contributed by atoms with E-state index in [0.717, 1.165) is 78.0 Å². The number of carbonyl (C=O) groups excluding carboxylic acids is 1. The first-order valence-electron chi connectivity index (χ1n) is 19.1. The Balaban J connectivity index is 0.000000277. The first kappa shape index (κ1) is 52.2. The molecule has 1 amide bonds. The van der Waals surface area contributed by atoms with Crippen LogP contribution in [-0.2, 0) is 35.5 Å². The number of benzene rings is 2. The van der Waals surface area contributed by atoms with Gasteiger partial charge in [0.05, 0.1) is 32.5 Å². The summed E-state index contributed by atoms with van der Waals surface area (Å²) in [4.78, 5) is 40.2. The van der Waals surface area contributed by atoms with Crippen molar-refractivity contribution in [1.29, 1.82) is 0 Å². The number of aromatic nitrogens is 4. The molecule has 0 fully saturated rings. The predicted octanol–water partition coefficient (Wildman–Crippen LogP) is 8.48. The molecule has 2 aromatic carbocycles. The summed E-state index contributed by atoms with van der Waals surface area (Å²) in [5, 5.41) is 30.7. The maximum absolute atomic E-state index is 12.5. The number of carbonyl (C=O) groups is 2. The summed E-state index contributed by atoms with van der Waals surface area (Å²) in [6.07, 6.45) is 5.15. The summed E-state index contributed by atoms with van der Waals surface area (Å²) in [6, 6.07) is 19.2. The number of carboxylic acids is 1. The second-order valence-corrected chi connectivity index (χ2v) is 15.4. The second kappa shape index (κ2) is 23.5. The highest BCUT2D eigenvalue weighted by atomic mass is 35.5. The molecule has 15 nitrogen and oxygen atoms in total. The Morgan fingerprint density at radius 3 is 1.56 bits per heavy atom. The Morgan fingerprint density at radius 1 is 0.672 bits per heavy atom. The van der Waals surface area contributed by atoms with Crippen molar-refractivity contribution in [3.05, 3.63) is 128 Å². The molecular formula is C45H50Cl4N12O3. The van der Waals surface area contributed by atoms with Crippen molar-refractivity contribution in [1.82, 2.24) is 25.3 Å². The van der Waals surface area contributed by atoms with Crippen LogP contribution in [0.3, 0.4) is 0 Å². The molecule has 6 heterocycles. The third kappa shape index (κ3) is 13.7. The Kier molecular flexibility index (Phi) is 19.2. The maximum atomic E-state index is 12.5. The SMILES string of the molecule is C.Cc1cc(N)nc(C)c1CN.Cc1cc(N)nc(C)c1CNC(=O)C1=NN=C(Cc2ccc3ncc(Cl)cc3c2)C1.Cl.Cl.O=C(O)C1=NN=C(Cc2ccc3ncc(Cl)cc3c2)C1. The number of nitrogens with one attached hydrogen (secondary N) is 1. The highest BCUT2D eigenvalue weighted by molar-refractivity contribution is 6.43. The minimum Gasteiger partial charge on any atom is -0.477 e. The number of nitrogens with zero attached hydrogens (tertiary/aromatic N) is 8. The van der Waals surface area contributed by atoms with Gasteiger partial charge in [-0.3, -0.25) is 14.8 Å². The van der Waals surface area contributed by atoms with Gasteiger partial charge >= 0.3 is 5.97 Å². The van der Waals surface area contributed by atoms with Crippen molar-refractivity contribution in [2.45, 2.75) is 73.9 Å². The Bertz CT molecular complexity index is 2770. The van der Waals surface area contributed by atoms with Crippen LogP contribution in [0.25, 0.3) is 21.8 Å². The monoisotopic (exact) mass is 946 g/mol. The number of carboxylic acid groups (broad SMARTS) is 1. The van der Waals surface area contributed by atoms with Gasteiger partial charge < -0.3 is 27.6 Å². The minimum atomic E-state index is -1.02. The zero-order chi connectivity index (χ0) is 43.8. The van der Waals surface area contributed by atoms with Gasteiger partial charge in [0.25, 0.3) is 5.91 Å². The number of nitrogens with two attached hydrogens (primary N) is 3. The van der Waals surface area contributed by atoms with E-state index in [0.29, 0.717) is 66.2 Å². The molecule has 64 heavy (non-hydrogen) atoms. The van der Waals surface area contributed by atoms with Crippen LogP contribution in [0, 0.1) is 27.7 Å². The van der Waals surface area contributed by atoms with E-state index in [9.17, 15) is 9.59 Å². The average Bonchev–Trinajstić information content (AvgIpc) is 3.88. The molecule has 0 unspecified atom stereocenters. The van der Waals surface area contributed by atoms with Crippen LogP contribution >= 0.6 is 48.0 Å². The molecule has 0 radical (unpaired) electrons. The number of amides is 1. The van der Waals surface area contributed by atoms with Gasteiger partial charge in [0.2, 0.25) is 0 Å². The molecular weight excluding hydrogens is 898 g/mol. The van der Waals surface area contributed by atoms with Gasteiger partial charge in [-0.05, 0) is 110 Å². The van der Waals surface area contributed by atoms with Crippen molar-refractivity contribution < 1.29 is 14.7 Å². The highest BCUT2D eigenvalue weighted by Crippen LogP contribution is 2.22. The van der Waals surface area contributed by atoms with E-state index in [1.807, 2.05) is 82.3 Å². The number of rotatable bonds is 9. The van der Waals surface area contributed by atoms with E-state index in [-0.39, 0.29) is 43.9 Å². The first-order chi connectivity index (χ1) is 29.1. The average molecular weight is 949 g/mol. The van der Waals surface area contributed by atoms with E-state index in [1.54, 1.807) is 18.5 Å². The molecule has 0 saturated carbocycles. The molecule has 336 valence electrons. The van der Waals surface area contributed by atoms with Crippen molar-refractivity contribution in [3.63, 3.8) is 0 Å². The Hall–Kier alpha value is -6.10. The van der Waals surface area contributed by atoms with Gasteiger partial charge in [-0.1, -0.05) is 42.8 Å². The van der Waals surface area contributed by atoms with Gasteiger partial charge in [-0.25, -0.2) is 14.8 Å². The van der Waals surface area contributed by atoms with E-state index >= 15 is 0 Å². The molecule has 8 N–H and O–H groups in total. The number of fused-ring (bicyclic) bond motifs is 2. The summed E-state index contributed by atoms with van der Waals surface area (Å²) in [5.74, 6) is -0.195. The molecule has 2 aliphatic rings. The fourth-order valence-electron chi connectivity index (χ4n) is 6.85. The lowest BCUT2D eigenvalue weighted by Gasteiger charge is -2.11. The smallest absolute Gasteiger partial charge is 0.352 e.